The van der Waals surface area contributed by atoms with E-state index in [-0.39, 0.29) is 12.5 Å². The Kier molecular flexibility index (Phi) is 5.03. The minimum Gasteiger partial charge on any atom is -0.347 e. The molecule has 140 valence electrons. The molecule has 4 nitrogen and oxygen atoms in total. The van der Waals surface area contributed by atoms with E-state index in [0.717, 1.165) is 29.2 Å². The normalized spacial score (nSPS) is 12.4. The molecule has 7 heteroatoms. The summed E-state index contributed by atoms with van der Waals surface area (Å²) in [4.78, 5) is 16.5. The minimum absolute atomic E-state index is 0.261. The maximum Gasteiger partial charge on any atom is 0.416 e. The van der Waals surface area contributed by atoms with E-state index < -0.39 is 11.7 Å². The Balaban J connectivity index is 1.65. The molecule has 3 aromatic rings. The second kappa shape index (κ2) is 7.26. The zero-order valence-corrected chi connectivity index (χ0v) is 14.8. The molecule has 1 amide bonds. The topological polar surface area (TPSA) is 46.4 Å². The first-order chi connectivity index (χ1) is 12.7. The molecule has 0 saturated carbocycles. The van der Waals surface area contributed by atoms with Crippen LogP contribution in [0.4, 0.5) is 13.2 Å². The summed E-state index contributed by atoms with van der Waals surface area (Å²) in [6.07, 6.45) is -1.15. The van der Waals surface area contributed by atoms with Gasteiger partial charge in [-0.2, -0.15) is 13.2 Å². The predicted molar refractivity (Wildman–Crippen MR) is 96.9 cm³/mol. The highest BCUT2D eigenvalue weighted by molar-refractivity contribution is 5.94. The van der Waals surface area contributed by atoms with Gasteiger partial charge in [-0.25, -0.2) is 4.98 Å². The van der Waals surface area contributed by atoms with Crippen LogP contribution in [0.1, 0.15) is 29.4 Å². The summed E-state index contributed by atoms with van der Waals surface area (Å²) >= 11 is 0. The van der Waals surface area contributed by atoms with Crippen LogP contribution in [0.15, 0.2) is 54.7 Å². The molecule has 2 heterocycles. The number of aromatic nitrogens is 2. The zero-order valence-electron chi connectivity index (χ0n) is 14.8. The number of aryl methyl sites for hydroxylation is 1. The van der Waals surface area contributed by atoms with E-state index >= 15 is 0 Å². The second-order valence-corrected chi connectivity index (χ2v) is 6.25. The van der Waals surface area contributed by atoms with Crippen molar-refractivity contribution in [2.75, 3.05) is 0 Å². The Morgan fingerprint density at radius 2 is 1.89 bits per heavy atom. The number of hydrogen-bond acceptors (Lipinski definition) is 2. The smallest absolute Gasteiger partial charge is 0.347 e. The molecule has 2 aromatic heterocycles. The number of nitrogens with zero attached hydrogens (tertiary/aromatic N) is 2. The monoisotopic (exact) mass is 373 g/mol. The highest BCUT2D eigenvalue weighted by Gasteiger charge is 2.29. The van der Waals surface area contributed by atoms with E-state index in [1.807, 2.05) is 35.7 Å². The number of allylic oxidation sites excluding steroid dienone is 1. The van der Waals surface area contributed by atoms with Gasteiger partial charge in [0.25, 0.3) is 0 Å². The summed E-state index contributed by atoms with van der Waals surface area (Å²) in [6.45, 7) is 3.90. The molecule has 0 aliphatic rings. The fraction of sp³-hybridized carbons (Fsp3) is 0.200. The van der Waals surface area contributed by atoms with Gasteiger partial charge in [-0.05, 0) is 49.2 Å². The average molecular weight is 373 g/mol. The van der Waals surface area contributed by atoms with Gasteiger partial charge in [0.05, 0.1) is 17.8 Å². The number of fused-ring (bicyclic) bond motifs is 1. The Hall–Kier alpha value is -3.09. The molecular formula is C20H18F3N3O. The maximum absolute atomic E-state index is 12.6. The number of benzene rings is 1. The molecule has 0 fully saturated rings. The van der Waals surface area contributed by atoms with Gasteiger partial charge in [-0.1, -0.05) is 18.2 Å². The van der Waals surface area contributed by atoms with Crippen molar-refractivity contribution in [3.8, 4) is 0 Å². The number of halogens is 3. The molecular weight excluding hydrogens is 355 g/mol. The number of carbonyl (C=O) groups excluding carboxylic acids is 1. The fourth-order valence-corrected chi connectivity index (χ4v) is 2.71. The largest absolute Gasteiger partial charge is 0.416 e. The van der Waals surface area contributed by atoms with Gasteiger partial charge < -0.3 is 9.72 Å². The van der Waals surface area contributed by atoms with Gasteiger partial charge in [0.1, 0.15) is 5.65 Å². The first kappa shape index (κ1) is 18.7. The summed E-state index contributed by atoms with van der Waals surface area (Å²) in [5.41, 5.74) is 2.98. The Morgan fingerprint density at radius 3 is 2.52 bits per heavy atom. The first-order valence-corrected chi connectivity index (χ1v) is 8.31. The Bertz CT molecular complexity index is 1000. The summed E-state index contributed by atoms with van der Waals surface area (Å²) in [5.74, 6) is -0.332. The van der Waals surface area contributed by atoms with Gasteiger partial charge in [0.2, 0.25) is 5.91 Å². The van der Waals surface area contributed by atoms with Crippen LogP contribution in [-0.2, 0) is 17.5 Å². The standard InChI is InChI=1S/C20H18F3N3O/c1-13(15-6-8-16(9-7-15)20(21,22)23)10-19(27)24-11-17-12-26-14(2)4-3-5-18(26)25-17/h3-10,12H,11H2,1-2H3,(H,24,27)/b13-10-. The summed E-state index contributed by atoms with van der Waals surface area (Å²) in [7, 11) is 0. The van der Waals surface area contributed by atoms with Crippen molar-refractivity contribution in [2.24, 2.45) is 0 Å². The molecule has 0 atom stereocenters. The summed E-state index contributed by atoms with van der Waals surface area (Å²) in [6, 6.07) is 10.5. The van der Waals surface area contributed by atoms with Crippen molar-refractivity contribution >= 4 is 17.1 Å². The number of imidazole rings is 1. The third-order valence-corrected chi connectivity index (χ3v) is 4.20. The summed E-state index contributed by atoms with van der Waals surface area (Å²) in [5, 5.41) is 2.74. The van der Waals surface area contributed by atoms with Crippen LogP contribution in [0, 0.1) is 6.92 Å². The van der Waals surface area contributed by atoms with Crippen molar-refractivity contribution in [3.05, 3.63) is 77.3 Å². The van der Waals surface area contributed by atoms with Crippen molar-refractivity contribution in [3.63, 3.8) is 0 Å². The van der Waals surface area contributed by atoms with Crippen LogP contribution < -0.4 is 5.32 Å². The van der Waals surface area contributed by atoms with Crippen molar-refractivity contribution in [1.29, 1.82) is 0 Å². The van der Waals surface area contributed by atoms with Gasteiger partial charge >= 0.3 is 6.18 Å². The Morgan fingerprint density at radius 1 is 1.19 bits per heavy atom. The van der Waals surface area contributed by atoms with E-state index in [2.05, 4.69) is 10.3 Å². The number of pyridine rings is 1. The molecule has 0 spiro atoms. The van der Waals surface area contributed by atoms with E-state index in [1.165, 1.54) is 18.2 Å². The zero-order chi connectivity index (χ0) is 19.6. The van der Waals surface area contributed by atoms with Crippen molar-refractivity contribution in [2.45, 2.75) is 26.6 Å². The molecule has 0 unspecified atom stereocenters. The number of rotatable bonds is 4. The molecule has 3 rings (SSSR count). The fourth-order valence-electron chi connectivity index (χ4n) is 2.71. The van der Waals surface area contributed by atoms with Gasteiger partial charge in [0, 0.05) is 18.0 Å². The van der Waals surface area contributed by atoms with Gasteiger partial charge in [0.15, 0.2) is 0 Å². The number of amides is 1. The number of nitrogens with one attached hydrogen (secondary N) is 1. The van der Waals surface area contributed by atoms with Crippen molar-refractivity contribution < 1.29 is 18.0 Å². The third kappa shape index (κ3) is 4.36. The van der Waals surface area contributed by atoms with E-state index in [9.17, 15) is 18.0 Å². The summed E-state index contributed by atoms with van der Waals surface area (Å²) < 4.78 is 39.8. The molecule has 0 saturated heterocycles. The molecule has 0 aliphatic heterocycles. The quantitative estimate of drug-likeness (QED) is 0.690. The maximum atomic E-state index is 12.6. The lowest BCUT2D eigenvalue weighted by Crippen LogP contribution is -2.20. The molecule has 0 bridgehead atoms. The lowest BCUT2D eigenvalue weighted by atomic mass is 10.0. The Labute approximate surface area is 154 Å². The van der Waals surface area contributed by atoms with Crippen LogP contribution >= 0.6 is 0 Å². The lowest BCUT2D eigenvalue weighted by Gasteiger charge is -2.08. The third-order valence-electron chi connectivity index (χ3n) is 4.20. The van der Waals surface area contributed by atoms with Crippen LogP contribution in [0.5, 0.6) is 0 Å². The molecule has 1 N–H and O–H groups in total. The molecule has 0 aliphatic carbocycles. The molecule has 27 heavy (non-hydrogen) atoms. The van der Waals surface area contributed by atoms with Crippen LogP contribution in [0.3, 0.4) is 0 Å². The van der Waals surface area contributed by atoms with E-state index in [4.69, 9.17) is 0 Å². The van der Waals surface area contributed by atoms with E-state index in [0.29, 0.717) is 11.1 Å². The van der Waals surface area contributed by atoms with Gasteiger partial charge in [-0.15, -0.1) is 0 Å². The molecule has 1 aromatic carbocycles. The van der Waals surface area contributed by atoms with Gasteiger partial charge in [-0.3, -0.25) is 4.79 Å². The SMILES string of the molecule is C/C(=C/C(=O)NCc1cn2c(C)cccc2n1)c1ccc(C(F)(F)F)cc1. The number of hydrogen-bond donors (Lipinski definition) is 1. The van der Waals surface area contributed by atoms with Crippen LogP contribution in [0.25, 0.3) is 11.2 Å². The van der Waals surface area contributed by atoms with Crippen molar-refractivity contribution in [1.82, 2.24) is 14.7 Å². The highest BCUT2D eigenvalue weighted by Crippen LogP contribution is 2.30. The van der Waals surface area contributed by atoms with Crippen LogP contribution in [-0.4, -0.2) is 15.3 Å². The van der Waals surface area contributed by atoms with Crippen LogP contribution in [0.2, 0.25) is 0 Å². The number of alkyl halides is 3. The molecule has 0 radical (unpaired) electrons. The second-order valence-electron chi connectivity index (χ2n) is 6.25. The lowest BCUT2D eigenvalue weighted by molar-refractivity contribution is -0.137. The van der Waals surface area contributed by atoms with E-state index in [1.54, 1.807) is 6.92 Å². The minimum atomic E-state index is -4.38. The average Bonchev–Trinajstić information content (AvgIpc) is 3.04. The highest BCUT2D eigenvalue weighted by atomic mass is 19.4. The number of carbonyl (C=O) groups is 1. The predicted octanol–water partition coefficient (Wildman–Crippen LogP) is 4.38. The first-order valence-electron chi connectivity index (χ1n) is 8.31.